The van der Waals surface area contributed by atoms with Gasteiger partial charge in [0, 0.05) is 52.1 Å². The molecule has 44 heavy (non-hydrogen) atoms. The van der Waals surface area contributed by atoms with Gasteiger partial charge in [-0.05, 0) is 37.1 Å². The summed E-state index contributed by atoms with van der Waals surface area (Å²) in [5.41, 5.74) is 4.13. The highest BCUT2D eigenvalue weighted by Gasteiger charge is 2.34. The van der Waals surface area contributed by atoms with Crippen LogP contribution >= 0.6 is 48.0 Å². The molecule has 0 spiro atoms. The summed E-state index contributed by atoms with van der Waals surface area (Å²) < 4.78 is 0.896. The van der Waals surface area contributed by atoms with E-state index in [2.05, 4.69) is 0 Å². The van der Waals surface area contributed by atoms with Gasteiger partial charge in [-0.2, -0.15) is 0 Å². The molecule has 0 atom stereocenters. The summed E-state index contributed by atoms with van der Waals surface area (Å²) in [4.78, 5) is 59.3. The maximum atomic E-state index is 13.0. The molecule has 0 N–H and O–H groups in total. The van der Waals surface area contributed by atoms with Crippen LogP contribution in [-0.4, -0.2) is 91.1 Å². The van der Waals surface area contributed by atoms with E-state index in [-0.39, 0.29) is 49.6 Å². The van der Waals surface area contributed by atoms with Crippen molar-refractivity contribution in [2.75, 3.05) is 39.3 Å². The van der Waals surface area contributed by atoms with Crippen LogP contribution in [0.2, 0.25) is 0 Å². The van der Waals surface area contributed by atoms with E-state index in [4.69, 9.17) is 24.4 Å². The first-order chi connectivity index (χ1) is 21.1. The Bertz CT molecular complexity index is 1440. The standard InChI is InChI=1S/C32H32N4O4S4/c1-21-3-7-23(8-4-21)19-25-29(39)35(31(41)43-25)13-11-27(37)33-15-17-34(18-16-33)28(38)12-14-36-30(40)26(44-32(36)42)20-24-9-5-22(2)6-10-24/h3-10,19-20H,11-18H2,1-2H3/b25-19-,26-20+. The lowest BCUT2D eigenvalue weighted by Crippen LogP contribution is -2.51. The number of thiocarbonyl (C=S) groups is 2. The molecular formula is C32H32N4O4S4. The van der Waals surface area contributed by atoms with Gasteiger partial charge in [-0.15, -0.1) is 0 Å². The summed E-state index contributed by atoms with van der Waals surface area (Å²) in [5, 5.41) is 0. The van der Waals surface area contributed by atoms with Gasteiger partial charge in [0.05, 0.1) is 9.81 Å². The molecule has 8 nitrogen and oxygen atoms in total. The molecule has 0 aliphatic carbocycles. The van der Waals surface area contributed by atoms with Crippen LogP contribution in [0.25, 0.3) is 12.2 Å². The lowest BCUT2D eigenvalue weighted by Gasteiger charge is -2.35. The van der Waals surface area contributed by atoms with Crippen molar-refractivity contribution in [3.63, 3.8) is 0 Å². The third kappa shape index (κ3) is 7.66. The van der Waals surface area contributed by atoms with E-state index in [1.807, 2.05) is 74.5 Å². The number of rotatable bonds is 8. The third-order valence-electron chi connectivity index (χ3n) is 7.58. The van der Waals surface area contributed by atoms with E-state index >= 15 is 0 Å². The van der Waals surface area contributed by atoms with Crippen LogP contribution in [0.3, 0.4) is 0 Å². The molecule has 3 aliphatic rings. The van der Waals surface area contributed by atoms with Gasteiger partial charge in [0.2, 0.25) is 11.8 Å². The number of benzene rings is 2. The molecule has 3 fully saturated rings. The number of carbonyl (C=O) groups excluding carboxylic acids is 4. The normalized spacial score (nSPS) is 19.2. The first kappa shape index (κ1) is 32.1. The zero-order chi connectivity index (χ0) is 31.4. The van der Waals surface area contributed by atoms with Gasteiger partial charge in [-0.1, -0.05) is 108 Å². The number of carbonyl (C=O) groups is 4. The molecule has 12 heteroatoms. The summed E-state index contributed by atoms with van der Waals surface area (Å²) in [5.74, 6) is -0.523. The fraction of sp³-hybridized carbons (Fsp3) is 0.312. The Balaban J connectivity index is 1.06. The second-order valence-electron chi connectivity index (χ2n) is 10.7. The van der Waals surface area contributed by atoms with Crippen LogP contribution < -0.4 is 0 Å². The van der Waals surface area contributed by atoms with E-state index in [1.165, 1.54) is 33.3 Å². The molecule has 4 amide bonds. The second kappa shape index (κ2) is 14.2. The maximum Gasteiger partial charge on any atom is 0.266 e. The second-order valence-corrected chi connectivity index (χ2v) is 14.1. The quantitative estimate of drug-likeness (QED) is 0.293. The molecule has 0 saturated carbocycles. The zero-order valence-electron chi connectivity index (χ0n) is 24.5. The summed E-state index contributed by atoms with van der Waals surface area (Å²) in [7, 11) is 0. The fourth-order valence-electron chi connectivity index (χ4n) is 4.95. The minimum atomic E-state index is -0.184. The van der Waals surface area contributed by atoms with Crippen molar-refractivity contribution in [2.24, 2.45) is 0 Å². The highest BCUT2D eigenvalue weighted by Crippen LogP contribution is 2.34. The largest absolute Gasteiger partial charge is 0.339 e. The number of hydrogen-bond donors (Lipinski definition) is 0. The molecule has 2 aromatic carbocycles. The van der Waals surface area contributed by atoms with E-state index in [0.29, 0.717) is 44.6 Å². The predicted octanol–water partition coefficient (Wildman–Crippen LogP) is 4.86. The van der Waals surface area contributed by atoms with E-state index in [0.717, 1.165) is 22.3 Å². The molecule has 0 radical (unpaired) electrons. The van der Waals surface area contributed by atoms with Gasteiger partial charge in [-0.25, -0.2) is 0 Å². The molecule has 0 aromatic heterocycles. The lowest BCUT2D eigenvalue weighted by atomic mass is 10.1. The summed E-state index contributed by atoms with van der Waals surface area (Å²) >= 11 is 13.3. The minimum Gasteiger partial charge on any atom is -0.339 e. The molecule has 0 bridgehead atoms. The fourth-order valence-corrected chi connectivity index (χ4v) is 7.57. The third-order valence-corrected chi connectivity index (χ3v) is 10.3. The Labute approximate surface area is 276 Å². The molecule has 228 valence electrons. The molecule has 5 rings (SSSR count). The molecule has 3 heterocycles. The van der Waals surface area contributed by atoms with E-state index < -0.39 is 0 Å². The minimum absolute atomic E-state index is 0.0772. The summed E-state index contributed by atoms with van der Waals surface area (Å²) in [6, 6.07) is 15.8. The van der Waals surface area contributed by atoms with Gasteiger partial charge in [-0.3, -0.25) is 29.0 Å². The van der Waals surface area contributed by atoms with Crippen LogP contribution in [0.4, 0.5) is 0 Å². The molecule has 2 aromatic rings. The highest BCUT2D eigenvalue weighted by atomic mass is 32.2. The van der Waals surface area contributed by atoms with Crippen LogP contribution in [-0.2, 0) is 19.2 Å². The van der Waals surface area contributed by atoms with Crippen LogP contribution in [0.5, 0.6) is 0 Å². The summed E-state index contributed by atoms with van der Waals surface area (Å²) in [6.45, 7) is 6.10. The number of hydrogen-bond acceptors (Lipinski definition) is 8. The predicted molar refractivity (Wildman–Crippen MR) is 185 cm³/mol. The van der Waals surface area contributed by atoms with Crippen LogP contribution in [0.1, 0.15) is 35.1 Å². The Morgan fingerprint density at radius 1 is 0.659 bits per heavy atom. The Morgan fingerprint density at radius 3 is 1.34 bits per heavy atom. The van der Waals surface area contributed by atoms with Crippen molar-refractivity contribution in [1.82, 2.24) is 19.6 Å². The van der Waals surface area contributed by atoms with E-state index in [1.54, 1.807) is 9.80 Å². The average molecular weight is 665 g/mol. The molecule has 3 saturated heterocycles. The van der Waals surface area contributed by atoms with E-state index in [9.17, 15) is 19.2 Å². The highest BCUT2D eigenvalue weighted by molar-refractivity contribution is 8.27. The van der Waals surface area contributed by atoms with Crippen molar-refractivity contribution in [3.05, 3.63) is 80.6 Å². The van der Waals surface area contributed by atoms with Gasteiger partial charge >= 0.3 is 0 Å². The monoisotopic (exact) mass is 664 g/mol. The van der Waals surface area contributed by atoms with Gasteiger partial charge < -0.3 is 9.80 Å². The Hall–Kier alpha value is -3.32. The van der Waals surface area contributed by atoms with Crippen molar-refractivity contribution in [1.29, 1.82) is 0 Å². The number of aryl methyl sites for hydroxylation is 2. The Kier molecular flexibility index (Phi) is 10.3. The first-order valence-corrected chi connectivity index (χ1v) is 16.7. The number of thioether (sulfide) groups is 2. The van der Waals surface area contributed by atoms with Gasteiger partial charge in [0.15, 0.2) is 0 Å². The van der Waals surface area contributed by atoms with Crippen molar-refractivity contribution in [2.45, 2.75) is 26.7 Å². The van der Waals surface area contributed by atoms with Gasteiger partial charge in [0.25, 0.3) is 11.8 Å². The number of piperazine rings is 1. The van der Waals surface area contributed by atoms with Crippen LogP contribution in [0.15, 0.2) is 58.3 Å². The lowest BCUT2D eigenvalue weighted by molar-refractivity contribution is -0.140. The van der Waals surface area contributed by atoms with Crippen molar-refractivity contribution < 1.29 is 19.2 Å². The maximum absolute atomic E-state index is 13.0. The summed E-state index contributed by atoms with van der Waals surface area (Å²) in [6.07, 6.45) is 3.96. The molecule has 0 unspecified atom stereocenters. The number of amides is 4. The van der Waals surface area contributed by atoms with Crippen LogP contribution in [0, 0.1) is 13.8 Å². The average Bonchev–Trinajstić information content (AvgIpc) is 3.44. The zero-order valence-corrected chi connectivity index (χ0v) is 27.8. The first-order valence-electron chi connectivity index (χ1n) is 14.3. The molecule has 3 aliphatic heterocycles. The topological polar surface area (TPSA) is 81.2 Å². The SMILES string of the molecule is Cc1ccc(/C=C2\SC(=S)N(CCC(=O)N3CCN(C(=O)CCN4C(=O)/C(=C\c5ccc(C)cc5)SC4=S)CC3)C2=O)cc1. The molecular weight excluding hydrogens is 633 g/mol. The van der Waals surface area contributed by atoms with Crippen molar-refractivity contribution in [3.8, 4) is 0 Å². The van der Waals surface area contributed by atoms with Crippen molar-refractivity contribution >= 4 is 92.4 Å². The van der Waals surface area contributed by atoms with Gasteiger partial charge in [0.1, 0.15) is 8.64 Å². The number of nitrogens with zero attached hydrogens (tertiary/aromatic N) is 4. The smallest absolute Gasteiger partial charge is 0.266 e. The Morgan fingerprint density at radius 2 is 1.00 bits per heavy atom.